The Kier molecular flexibility index (Phi) is 8.32. The number of nitrogens with zero attached hydrogens (tertiary/aromatic N) is 2. The molecule has 3 unspecified atom stereocenters. The molecule has 0 bridgehead atoms. The second-order valence-corrected chi connectivity index (χ2v) is 10.3. The third kappa shape index (κ3) is 4.92. The highest BCUT2D eigenvalue weighted by Crippen LogP contribution is 2.53. The first kappa shape index (κ1) is 25.9. The zero-order valence-corrected chi connectivity index (χ0v) is 21.1. The molecule has 2 saturated heterocycles. The van der Waals surface area contributed by atoms with Gasteiger partial charge < -0.3 is 24.4 Å². The normalized spacial score (nSPS) is 35.5. The molecule has 0 aromatic rings. The minimum Gasteiger partial charge on any atom is -0.462 e. The van der Waals surface area contributed by atoms with Gasteiger partial charge in [-0.3, -0.25) is 14.4 Å². The number of cyclic esters (lactones) is 1. The molecule has 8 heteroatoms. The molecule has 35 heavy (non-hydrogen) atoms. The number of unbranched alkanes of at least 4 members (excludes halogenated alkanes) is 4. The Hall–Kier alpha value is -2.19. The van der Waals surface area contributed by atoms with Crippen LogP contribution in [0.5, 0.6) is 0 Å². The predicted molar refractivity (Wildman–Crippen MR) is 130 cm³/mol. The highest BCUT2D eigenvalue weighted by molar-refractivity contribution is 5.99. The first-order valence-corrected chi connectivity index (χ1v) is 13.4. The first-order valence-electron chi connectivity index (χ1n) is 13.4. The number of allylic oxidation sites excluding steroid dienone is 1. The molecule has 0 radical (unpaired) electrons. The summed E-state index contributed by atoms with van der Waals surface area (Å²) < 4.78 is 12.3. The number of fused-ring (bicyclic) bond motifs is 2. The van der Waals surface area contributed by atoms with Crippen molar-refractivity contribution in [3.63, 3.8) is 0 Å². The molecule has 4 aliphatic rings. The summed E-state index contributed by atoms with van der Waals surface area (Å²) in [5.74, 6) is -2.32. The number of amides is 2. The van der Waals surface area contributed by atoms with E-state index in [9.17, 15) is 14.4 Å². The maximum atomic E-state index is 14.0. The van der Waals surface area contributed by atoms with Crippen LogP contribution in [0.1, 0.15) is 65.2 Å². The minimum atomic E-state index is -1.19. The zero-order chi connectivity index (χ0) is 25.0. The summed E-state index contributed by atoms with van der Waals surface area (Å²) in [7, 11) is 0. The van der Waals surface area contributed by atoms with Crippen LogP contribution in [0.4, 0.5) is 0 Å². The van der Waals surface area contributed by atoms with Crippen molar-refractivity contribution in [2.24, 2.45) is 11.8 Å². The van der Waals surface area contributed by atoms with Crippen LogP contribution in [0.25, 0.3) is 0 Å². The van der Waals surface area contributed by atoms with E-state index in [2.05, 4.69) is 6.92 Å². The Balaban J connectivity index is 1.70. The number of aliphatic hydroxyl groups excluding tert-OH is 1. The summed E-state index contributed by atoms with van der Waals surface area (Å²) in [5.41, 5.74) is -1.19. The van der Waals surface area contributed by atoms with Crippen molar-refractivity contribution in [1.29, 1.82) is 0 Å². The molecule has 0 saturated carbocycles. The molecule has 6 atom stereocenters. The SMILES string of the molecule is CCCCCN1CC=CC23O[C@@H]4/C=C\CCC(C)OC(=O)C4[C@H]2C(=O)N(CCCCCO)[C@@H]3C1=O. The monoisotopic (exact) mass is 488 g/mol. The maximum absolute atomic E-state index is 14.0. The number of hydrogen-bond acceptors (Lipinski definition) is 6. The van der Waals surface area contributed by atoms with Crippen molar-refractivity contribution in [3.8, 4) is 0 Å². The van der Waals surface area contributed by atoms with Crippen molar-refractivity contribution in [3.05, 3.63) is 24.3 Å². The van der Waals surface area contributed by atoms with E-state index in [1.807, 2.05) is 36.1 Å². The van der Waals surface area contributed by atoms with E-state index in [0.29, 0.717) is 32.5 Å². The molecule has 1 N–H and O–H groups in total. The number of esters is 1. The van der Waals surface area contributed by atoms with E-state index in [1.165, 1.54) is 0 Å². The van der Waals surface area contributed by atoms with E-state index >= 15 is 0 Å². The van der Waals surface area contributed by atoms with Crippen molar-refractivity contribution >= 4 is 17.8 Å². The number of carbonyl (C=O) groups is 3. The van der Waals surface area contributed by atoms with Crippen LogP contribution in [0.15, 0.2) is 24.3 Å². The van der Waals surface area contributed by atoms with Crippen molar-refractivity contribution in [2.45, 2.75) is 89.1 Å². The molecule has 0 aromatic heterocycles. The molecular weight excluding hydrogens is 448 g/mol. The number of aliphatic hydroxyl groups is 1. The van der Waals surface area contributed by atoms with Gasteiger partial charge in [0, 0.05) is 26.2 Å². The predicted octanol–water partition coefficient (Wildman–Crippen LogP) is 2.60. The fourth-order valence-electron chi connectivity index (χ4n) is 6.06. The van der Waals surface area contributed by atoms with Gasteiger partial charge >= 0.3 is 5.97 Å². The Morgan fingerprint density at radius 2 is 1.86 bits per heavy atom. The average Bonchev–Trinajstić information content (AvgIpc) is 3.23. The molecule has 0 aromatic carbocycles. The van der Waals surface area contributed by atoms with Crippen LogP contribution in [0.3, 0.4) is 0 Å². The van der Waals surface area contributed by atoms with Gasteiger partial charge in [-0.15, -0.1) is 0 Å². The van der Waals surface area contributed by atoms with E-state index in [-0.39, 0.29) is 24.5 Å². The van der Waals surface area contributed by atoms with Gasteiger partial charge in [0.05, 0.1) is 18.1 Å². The molecule has 2 amide bonds. The smallest absolute Gasteiger partial charge is 0.313 e. The van der Waals surface area contributed by atoms with Gasteiger partial charge in [-0.2, -0.15) is 0 Å². The third-order valence-corrected chi connectivity index (χ3v) is 7.82. The molecule has 4 rings (SSSR count). The largest absolute Gasteiger partial charge is 0.462 e. The number of likely N-dealkylation sites (tertiary alicyclic amines) is 1. The molecule has 4 heterocycles. The van der Waals surface area contributed by atoms with E-state index in [0.717, 1.165) is 38.5 Å². The second-order valence-electron chi connectivity index (χ2n) is 10.3. The van der Waals surface area contributed by atoms with Gasteiger partial charge in [0.25, 0.3) is 0 Å². The molecular formula is C27H40N2O6. The lowest BCUT2D eigenvalue weighted by Gasteiger charge is -2.35. The van der Waals surface area contributed by atoms with Gasteiger partial charge in [0.15, 0.2) is 0 Å². The molecule has 8 nitrogen and oxygen atoms in total. The minimum absolute atomic E-state index is 0.0973. The molecule has 4 aliphatic heterocycles. The highest BCUT2D eigenvalue weighted by Gasteiger charge is 2.71. The average molecular weight is 489 g/mol. The van der Waals surface area contributed by atoms with Gasteiger partial charge in [0.2, 0.25) is 11.8 Å². The topological polar surface area (TPSA) is 96.4 Å². The summed E-state index contributed by atoms with van der Waals surface area (Å²) >= 11 is 0. The number of ether oxygens (including phenoxy) is 2. The Morgan fingerprint density at radius 3 is 2.63 bits per heavy atom. The van der Waals surface area contributed by atoms with Crippen LogP contribution in [0.2, 0.25) is 0 Å². The zero-order valence-electron chi connectivity index (χ0n) is 21.1. The lowest BCUT2D eigenvalue weighted by Crippen LogP contribution is -2.55. The Labute approximate surface area is 208 Å². The lowest BCUT2D eigenvalue weighted by atomic mass is 9.78. The Bertz CT molecular complexity index is 857. The number of hydrogen-bond donors (Lipinski definition) is 1. The maximum Gasteiger partial charge on any atom is 0.313 e. The summed E-state index contributed by atoms with van der Waals surface area (Å²) in [6, 6.07) is -0.802. The number of carbonyl (C=O) groups excluding carboxylic acids is 3. The van der Waals surface area contributed by atoms with Gasteiger partial charge in [-0.05, 0) is 45.4 Å². The second kappa shape index (κ2) is 11.2. The number of rotatable bonds is 9. The van der Waals surface area contributed by atoms with Crippen LogP contribution in [-0.4, -0.2) is 82.8 Å². The summed E-state index contributed by atoms with van der Waals surface area (Å²) in [4.78, 5) is 44.7. The van der Waals surface area contributed by atoms with Crippen LogP contribution in [0, 0.1) is 11.8 Å². The molecule has 2 fully saturated rings. The quantitative estimate of drug-likeness (QED) is 0.305. The molecule has 1 spiro atoms. The van der Waals surface area contributed by atoms with E-state index < -0.39 is 35.6 Å². The van der Waals surface area contributed by atoms with Crippen LogP contribution in [-0.2, 0) is 23.9 Å². The summed E-state index contributed by atoms with van der Waals surface area (Å²) in [6.45, 7) is 5.59. The molecule has 194 valence electrons. The summed E-state index contributed by atoms with van der Waals surface area (Å²) in [5, 5.41) is 9.17. The van der Waals surface area contributed by atoms with Crippen molar-refractivity contribution < 1.29 is 29.0 Å². The van der Waals surface area contributed by atoms with Crippen molar-refractivity contribution in [2.75, 3.05) is 26.2 Å². The highest BCUT2D eigenvalue weighted by atomic mass is 16.6. The molecule has 0 aliphatic carbocycles. The van der Waals surface area contributed by atoms with Crippen LogP contribution < -0.4 is 0 Å². The van der Waals surface area contributed by atoms with Gasteiger partial charge in [-0.1, -0.05) is 44.1 Å². The van der Waals surface area contributed by atoms with Gasteiger partial charge in [-0.25, -0.2) is 0 Å². The van der Waals surface area contributed by atoms with Gasteiger partial charge in [0.1, 0.15) is 17.6 Å². The van der Waals surface area contributed by atoms with Crippen molar-refractivity contribution in [1.82, 2.24) is 9.80 Å². The fraction of sp³-hybridized carbons (Fsp3) is 0.741. The fourth-order valence-corrected chi connectivity index (χ4v) is 6.06. The van der Waals surface area contributed by atoms with E-state index in [4.69, 9.17) is 14.6 Å². The standard InChI is InChI=1S/C27H40N2O6/c1-3-4-8-15-28-16-11-14-27-22(21-20(35-27)13-7-6-12-19(2)34-26(21)33)24(31)29(23(27)25(28)32)17-9-5-10-18-30/h7,11,13-14,19-23,30H,3-6,8-10,12,15-18H2,1-2H3/b13-7-/t19?,20-,21?,22+,23-,27?/m1/s1. The Morgan fingerprint density at radius 1 is 1.06 bits per heavy atom. The lowest BCUT2D eigenvalue weighted by molar-refractivity contribution is -0.158. The first-order chi connectivity index (χ1) is 16.9. The summed E-state index contributed by atoms with van der Waals surface area (Å²) in [6.07, 6.45) is 13.4. The third-order valence-electron chi connectivity index (χ3n) is 7.82. The van der Waals surface area contributed by atoms with Crippen LogP contribution >= 0.6 is 0 Å². The van der Waals surface area contributed by atoms with E-state index in [1.54, 1.807) is 4.90 Å².